The fourth-order valence-corrected chi connectivity index (χ4v) is 4.56. The van der Waals surface area contributed by atoms with Crippen molar-refractivity contribution in [1.82, 2.24) is 9.88 Å². The number of rotatable bonds is 6. The molecular formula is C24H26N2S. The maximum Gasteiger partial charge on any atom is 0.0459 e. The minimum absolute atomic E-state index is 0.991. The number of benzene rings is 3. The summed E-state index contributed by atoms with van der Waals surface area (Å²) in [4.78, 5) is 7.25. The molecule has 0 aliphatic rings. The second kappa shape index (κ2) is 7.79. The average molecular weight is 375 g/mol. The van der Waals surface area contributed by atoms with E-state index in [9.17, 15) is 0 Å². The average Bonchev–Trinajstić information content (AvgIpc) is 3.01. The van der Waals surface area contributed by atoms with Gasteiger partial charge in [-0.25, -0.2) is 0 Å². The first-order chi connectivity index (χ1) is 13.1. The van der Waals surface area contributed by atoms with Crippen molar-refractivity contribution in [2.75, 3.05) is 20.6 Å². The molecule has 27 heavy (non-hydrogen) atoms. The Morgan fingerprint density at radius 1 is 0.926 bits per heavy atom. The number of hydrogen-bond acceptors (Lipinski definition) is 2. The van der Waals surface area contributed by atoms with Crippen LogP contribution in [-0.4, -0.2) is 30.5 Å². The van der Waals surface area contributed by atoms with Crippen LogP contribution in [0.25, 0.3) is 21.7 Å². The maximum atomic E-state index is 3.67. The standard InChI is InChI=1S/C24H26N2S/c1-17-8-11-23-21(14-17)22(24(25-23)12-13-26(2)3)16-27-20-10-9-18-6-4-5-7-19(18)15-20/h4-11,14-15,25H,12-13,16H2,1-3H3. The van der Waals surface area contributed by atoms with Gasteiger partial charge >= 0.3 is 0 Å². The summed E-state index contributed by atoms with van der Waals surface area (Å²) in [7, 11) is 4.27. The van der Waals surface area contributed by atoms with Crippen molar-refractivity contribution in [3.8, 4) is 0 Å². The third-order valence-electron chi connectivity index (χ3n) is 5.06. The maximum absolute atomic E-state index is 3.67. The van der Waals surface area contributed by atoms with Gasteiger partial charge in [0, 0.05) is 40.2 Å². The number of nitrogens with zero attached hydrogens (tertiary/aromatic N) is 1. The highest BCUT2D eigenvalue weighted by molar-refractivity contribution is 7.98. The zero-order chi connectivity index (χ0) is 18.8. The van der Waals surface area contributed by atoms with E-state index in [-0.39, 0.29) is 0 Å². The van der Waals surface area contributed by atoms with Crippen LogP contribution < -0.4 is 0 Å². The van der Waals surface area contributed by atoms with Crippen molar-refractivity contribution in [1.29, 1.82) is 0 Å². The Kier molecular flexibility index (Phi) is 5.24. The summed E-state index contributed by atoms with van der Waals surface area (Å²) < 4.78 is 0. The molecule has 1 aromatic heterocycles. The van der Waals surface area contributed by atoms with Crippen molar-refractivity contribution in [2.24, 2.45) is 0 Å². The molecule has 0 radical (unpaired) electrons. The summed E-state index contributed by atoms with van der Waals surface area (Å²) in [5.41, 5.74) is 5.40. The summed E-state index contributed by atoms with van der Waals surface area (Å²) in [5.74, 6) is 0.991. The Hall–Kier alpha value is -2.23. The zero-order valence-electron chi connectivity index (χ0n) is 16.3. The molecule has 0 atom stereocenters. The molecule has 2 nitrogen and oxygen atoms in total. The summed E-state index contributed by atoms with van der Waals surface area (Å²) in [6.45, 7) is 3.23. The first-order valence-corrected chi connectivity index (χ1v) is 10.4. The number of aryl methyl sites for hydroxylation is 1. The highest BCUT2D eigenvalue weighted by atomic mass is 32.2. The van der Waals surface area contributed by atoms with Gasteiger partial charge in [-0.15, -0.1) is 11.8 Å². The predicted octanol–water partition coefficient (Wildman–Crippen LogP) is 6.03. The normalized spacial score (nSPS) is 11.7. The lowest BCUT2D eigenvalue weighted by atomic mass is 10.1. The zero-order valence-corrected chi connectivity index (χ0v) is 17.1. The van der Waals surface area contributed by atoms with Gasteiger partial charge in [-0.3, -0.25) is 0 Å². The lowest BCUT2D eigenvalue weighted by Gasteiger charge is -2.10. The van der Waals surface area contributed by atoms with E-state index < -0.39 is 0 Å². The Morgan fingerprint density at radius 2 is 1.74 bits per heavy atom. The van der Waals surface area contributed by atoms with Crippen LogP contribution in [0.5, 0.6) is 0 Å². The molecule has 0 saturated heterocycles. The van der Waals surface area contributed by atoms with Crippen LogP contribution in [-0.2, 0) is 12.2 Å². The quantitative estimate of drug-likeness (QED) is 0.416. The van der Waals surface area contributed by atoms with Crippen LogP contribution in [0, 0.1) is 6.92 Å². The van der Waals surface area contributed by atoms with Crippen LogP contribution in [0.15, 0.2) is 65.6 Å². The molecule has 4 rings (SSSR count). The molecule has 3 aromatic carbocycles. The van der Waals surface area contributed by atoms with Gasteiger partial charge in [0.05, 0.1) is 0 Å². The van der Waals surface area contributed by atoms with E-state index in [0.29, 0.717) is 0 Å². The van der Waals surface area contributed by atoms with E-state index in [4.69, 9.17) is 0 Å². The number of aromatic nitrogens is 1. The molecule has 0 aliphatic carbocycles. The fourth-order valence-electron chi connectivity index (χ4n) is 3.54. The highest BCUT2D eigenvalue weighted by Gasteiger charge is 2.12. The molecule has 3 heteroatoms. The lowest BCUT2D eigenvalue weighted by Crippen LogP contribution is -2.15. The van der Waals surface area contributed by atoms with Gasteiger partial charge < -0.3 is 9.88 Å². The van der Waals surface area contributed by atoms with Gasteiger partial charge in [-0.2, -0.15) is 0 Å². The van der Waals surface area contributed by atoms with Gasteiger partial charge in [-0.05, 0) is 61.6 Å². The van der Waals surface area contributed by atoms with Gasteiger partial charge in [0.25, 0.3) is 0 Å². The van der Waals surface area contributed by atoms with Crippen molar-refractivity contribution in [3.05, 3.63) is 77.5 Å². The predicted molar refractivity (Wildman–Crippen MR) is 119 cm³/mol. The first-order valence-electron chi connectivity index (χ1n) is 9.46. The molecule has 0 bridgehead atoms. The van der Waals surface area contributed by atoms with Crippen molar-refractivity contribution in [3.63, 3.8) is 0 Å². The minimum atomic E-state index is 0.991. The molecule has 1 heterocycles. The molecule has 0 amide bonds. The number of likely N-dealkylation sites (N-methyl/N-ethyl adjacent to an activating group) is 1. The van der Waals surface area contributed by atoms with Crippen LogP contribution in [0.4, 0.5) is 0 Å². The minimum Gasteiger partial charge on any atom is -0.358 e. The van der Waals surface area contributed by atoms with Crippen molar-refractivity contribution in [2.45, 2.75) is 24.0 Å². The van der Waals surface area contributed by atoms with Gasteiger partial charge in [0.15, 0.2) is 0 Å². The van der Waals surface area contributed by atoms with Crippen molar-refractivity contribution >= 4 is 33.4 Å². The van der Waals surface area contributed by atoms with Crippen LogP contribution >= 0.6 is 11.8 Å². The second-order valence-corrected chi connectivity index (χ2v) is 8.53. The second-order valence-electron chi connectivity index (χ2n) is 7.48. The van der Waals surface area contributed by atoms with Crippen LogP contribution in [0.3, 0.4) is 0 Å². The summed E-state index contributed by atoms with van der Waals surface area (Å²) >= 11 is 1.93. The van der Waals surface area contributed by atoms with Gasteiger partial charge in [-0.1, -0.05) is 42.0 Å². The van der Waals surface area contributed by atoms with E-state index >= 15 is 0 Å². The molecule has 4 aromatic rings. The van der Waals surface area contributed by atoms with Crippen molar-refractivity contribution < 1.29 is 0 Å². The van der Waals surface area contributed by atoms with E-state index in [1.54, 1.807) is 0 Å². The number of aromatic amines is 1. The Labute approximate surface area is 165 Å². The van der Waals surface area contributed by atoms with E-state index in [1.807, 2.05) is 11.8 Å². The first kappa shape index (κ1) is 18.1. The molecule has 0 spiro atoms. The van der Waals surface area contributed by atoms with E-state index in [2.05, 4.69) is 91.6 Å². The number of thioether (sulfide) groups is 1. The number of H-pyrrole nitrogens is 1. The third-order valence-corrected chi connectivity index (χ3v) is 6.08. The van der Waals surface area contributed by atoms with Gasteiger partial charge in [0.1, 0.15) is 0 Å². The SMILES string of the molecule is Cc1ccc2[nH]c(CCN(C)C)c(CSc3ccc4ccccc4c3)c2c1. The Balaban J connectivity index is 1.64. The van der Waals surface area contributed by atoms with Crippen LogP contribution in [0.1, 0.15) is 16.8 Å². The third kappa shape index (κ3) is 4.05. The highest BCUT2D eigenvalue weighted by Crippen LogP contribution is 2.32. The Morgan fingerprint density at radius 3 is 2.56 bits per heavy atom. The summed E-state index contributed by atoms with van der Waals surface area (Å²) in [6.07, 6.45) is 1.05. The topological polar surface area (TPSA) is 19.0 Å². The number of nitrogens with one attached hydrogen (secondary N) is 1. The Bertz CT molecular complexity index is 1080. The molecule has 138 valence electrons. The molecule has 1 N–H and O–H groups in total. The lowest BCUT2D eigenvalue weighted by molar-refractivity contribution is 0.412. The number of fused-ring (bicyclic) bond motifs is 2. The molecular weight excluding hydrogens is 348 g/mol. The van der Waals surface area contributed by atoms with E-state index in [0.717, 1.165) is 18.7 Å². The fraction of sp³-hybridized carbons (Fsp3) is 0.250. The van der Waals surface area contributed by atoms with Crippen LogP contribution in [0.2, 0.25) is 0 Å². The summed E-state index contributed by atoms with van der Waals surface area (Å²) in [5, 5.41) is 3.98. The number of hydrogen-bond donors (Lipinski definition) is 1. The molecule has 0 saturated carbocycles. The molecule has 0 unspecified atom stereocenters. The largest absolute Gasteiger partial charge is 0.358 e. The molecule has 0 aliphatic heterocycles. The smallest absolute Gasteiger partial charge is 0.0459 e. The monoisotopic (exact) mass is 374 g/mol. The van der Waals surface area contributed by atoms with Gasteiger partial charge in [0.2, 0.25) is 0 Å². The van der Waals surface area contributed by atoms with E-state index in [1.165, 1.54) is 43.4 Å². The summed E-state index contributed by atoms with van der Waals surface area (Å²) in [6, 6.07) is 22.1. The molecule has 0 fully saturated rings.